The molecule has 2 aromatic heterocycles. The molecule has 11 heteroatoms. The zero-order chi connectivity index (χ0) is 38.2. The number of likely N-dealkylation sites (N-methyl/N-ethyl adjacent to an activating group) is 1. The van der Waals surface area contributed by atoms with E-state index in [0.717, 1.165) is 136 Å². The molecule has 286 valence electrons. The van der Waals surface area contributed by atoms with E-state index in [9.17, 15) is 9.59 Å². The lowest BCUT2D eigenvalue weighted by Crippen LogP contribution is -2.38. The number of aliphatic imine (C=N–C) groups is 1. The molecule has 0 saturated heterocycles. The van der Waals surface area contributed by atoms with Crippen molar-refractivity contribution in [2.45, 2.75) is 104 Å². The maximum atomic E-state index is 11.4. The minimum atomic E-state index is -0.324. The first-order chi connectivity index (χ1) is 26.1. The topological polar surface area (TPSA) is 114 Å². The van der Waals surface area contributed by atoms with Gasteiger partial charge in [-0.1, -0.05) is 55.3 Å². The van der Waals surface area contributed by atoms with Gasteiger partial charge >= 0.3 is 0 Å². The number of benzene rings is 1. The van der Waals surface area contributed by atoms with Gasteiger partial charge in [-0.05, 0) is 97.0 Å². The second-order valence-electron chi connectivity index (χ2n) is 15.4. The molecule has 3 aliphatic rings. The predicted octanol–water partition coefficient (Wildman–Crippen LogP) is 6.65. The zero-order valence-electron chi connectivity index (χ0n) is 32.9. The Bertz CT molecular complexity index is 1940. The molecule has 1 aliphatic heterocycles. The van der Waals surface area contributed by atoms with Gasteiger partial charge in [-0.25, -0.2) is 0 Å². The molecule has 6 rings (SSSR count). The molecule has 1 amide bonds. The van der Waals surface area contributed by atoms with E-state index in [-0.39, 0.29) is 11.4 Å². The lowest BCUT2D eigenvalue weighted by molar-refractivity contribution is -0.118. The van der Waals surface area contributed by atoms with Crippen LogP contribution in [0, 0.1) is 13.8 Å². The Morgan fingerprint density at radius 2 is 1.83 bits per heavy atom. The predicted molar refractivity (Wildman–Crippen MR) is 216 cm³/mol. The molecule has 3 aromatic rings. The molecule has 1 unspecified atom stereocenters. The van der Waals surface area contributed by atoms with E-state index in [1.165, 1.54) is 18.1 Å². The molecular formula is C43H57N9O2. The lowest BCUT2D eigenvalue weighted by atomic mass is 9.96. The first-order valence-corrected chi connectivity index (χ1v) is 19.6. The number of aryl methyl sites for hydroxylation is 3. The number of amides is 1. The summed E-state index contributed by atoms with van der Waals surface area (Å²) in [5.74, 6) is 1.75. The van der Waals surface area contributed by atoms with Crippen molar-refractivity contribution in [3.63, 3.8) is 0 Å². The number of fused-ring (bicyclic) bond motifs is 3. The van der Waals surface area contributed by atoms with Crippen LogP contribution in [0.4, 0.5) is 0 Å². The Morgan fingerprint density at radius 1 is 1.06 bits per heavy atom. The zero-order valence-corrected chi connectivity index (χ0v) is 32.9. The van der Waals surface area contributed by atoms with Crippen LogP contribution in [0.2, 0.25) is 0 Å². The molecule has 1 N–H and O–H groups in total. The summed E-state index contributed by atoms with van der Waals surface area (Å²) < 4.78 is 4.30. The molecular weight excluding hydrogens is 675 g/mol. The number of hydrogen-bond donors (Lipinski definition) is 1. The first kappa shape index (κ1) is 39.0. The van der Waals surface area contributed by atoms with Crippen LogP contribution in [0.3, 0.4) is 0 Å². The second kappa shape index (κ2) is 17.6. The van der Waals surface area contributed by atoms with Crippen LogP contribution in [-0.4, -0.2) is 91.5 Å². The van der Waals surface area contributed by atoms with Gasteiger partial charge < -0.3 is 15.0 Å². The third-order valence-electron chi connectivity index (χ3n) is 11.0. The van der Waals surface area contributed by atoms with E-state index >= 15 is 0 Å². The fourth-order valence-corrected chi connectivity index (χ4v) is 7.39. The third-order valence-corrected chi connectivity index (χ3v) is 11.0. The molecule has 1 fully saturated rings. The number of nitrogens with one attached hydrogen (secondary N) is 1. The highest BCUT2D eigenvalue weighted by Crippen LogP contribution is 2.52. The second-order valence-corrected chi connectivity index (χ2v) is 15.4. The number of carbonyl (C=O) groups is 2. The van der Waals surface area contributed by atoms with E-state index in [0.29, 0.717) is 12.6 Å². The molecule has 11 nitrogen and oxygen atoms in total. The summed E-state index contributed by atoms with van der Waals surface area (Å²) in [6, 6.07) is 9.05. The number of hydrogen-bond acceptors (Lipinski definition) is 8. The maximum Gasteiger partial charge on any atom is 0.220 e. The molecule has 2 aliphatic carbocycles. The van der Waals surface area contributed by atoms with Crippen LogP contribution in [0.1, 0.15) is 100.0 Å². The highest BCUT2D eigenvalue weighted by Gasteiger charge is 2.51. The van der Waals surface area contributed by atoms with E-state index in [1.54, 1.807) is 0 Å². The van der Waals surface area contributed by atoms with Gasteiger partial charge in [-0.2, -0.15) is 5.10 Å². The van der Waals surface area contributed by atoms with Gasteiger partial charge in [-0.3, -0.25) is 23.9 Å². The highest BCUT2D eigenvalue weighted by molar-refractivity contribution is 6.19. The van der Waals surface area contributed by atoms with Crippen LogP contribution >= 0.6 is 0 Å². The quantitative estimate of drug-likeness (QED) is 0.109. The fourth-order valence-electron chi connectivity index (χ4n) is 7.39. The molecule has 54 heavy (non-hydrogen) atoms. The van der Waals surface area contributed by atoms with Crippen molar-refractivity contribution >= 4 is 29.2 Å². The van der Waals surface area contributed by atoms with Crippen LogP contribution in [0.5, 0.6) is 0 Å². The third kappa shape index (κ3) is 9.49. The van der Waals surface area contributed by atoms with Crippen molar-refractivity contribution in [2.24, 2.45) is 4.99 Å². The van der Waals surface area contributed by atoms with Gasteiger partial charge in [-0.15, -0.1) is 10.2 Å². The maximum absolute atomic E-state index is 11.4. The summed E-state index contributed by atoms with van der Waals surface area (Å²) >= 11 is 0. The van der Waals surface area contributed by atoms with Crippen molar-refractivity contribution in [3.8, 4) is 0 Å². The number of allylic oxidation sites excluding steroid dienone is 7. The van der Waals surface area contributed by atoms with Gasteiger partial charge in [0.05, 0.1) is 24.2 Å². The Kier molecular flexibility index (Phi) is 12.7. The average molecular weight is 732 g/mol. The van der Waals surface area contributed by atoms with Crippen LogP contribution in [0.25, 0.3) is 11.3 Å². The molecule has 0 radical (unpaired) electrons. The van der Waals surface area contributed by atoms with E-state index in [4.69, 9.17) is 10.1 Å². The Hall–Kier alpha value is -4.74. The number of aromatic nitrogens is 5. The van der Waals surface area contributed by atoms with Crippen LogP contribution in [-0.2, 0) is 21.7 Å². The van der Waals surface area contributed by atoms with Crippen LogP contribution < -0.4 is 5.32 Å². The molecule has 1 atom stereocenters. The highest BCUT2D eigenvalue weighted by atomic mass is 16.1. The normalized spacial score (nSPS) is 16.4. The number of aldehydes is 1. The largest absolute Gasteiger partial charge is 0.331 e. The fraction of sp³-hybridized carbons (Fsp3) is 0.488. The van der Waals surface area contributed by atoms with E-state index < -0.39 is 0 Å². The summed E-state index contributed by atoms with van der Waals surface area (Å²) in [5, 5.41) is 16.7. The standard InChI is InChI=1S/C43H57N9O2/c1-31-14-18-36(19-15-31)41-39-28-37(12-11-13-40(39)52-34(4)47-48-42(52)43(46-41)20-21-43)38-29-44-51(30-38)23-10-8-7-9-22-50(26-27-53)25-24-49(6)33(3)17-16-32(2)45-35(5)54/h11,13-15,18-19,27-30,33H,2,7-10,12,16-17,20-26H2,1,3-6H3,(H,45,54). The van der Waals surface area contributed by atoms with Gasteiger partial charge in [0.15, 0.2) is 5.82 Å². The van der Waals surface area contributed by atoms with E-state index in [2.05, 4.69) is 111 Å². The number of rotatable bonds is 19. The summed E-state index contributed by atoms with van der Waals surface area (Å²) in [4.78, 5) is 32.7. The SMILES string of the molecule is C=C(CCC(C)N(C)CCN(CC=O)CCCCCCn1cc(C2=CC3=C(C=CC2)n2c(C)nnc2C2(CC2)N=C3c2ccc(C)cc2)cn1)NC(C)=O. The lowest BCUT2D eigenvalue weighted by Gasteiger charge is -2.28. The van der Waals surface area contributed by atoms with Gasteiger partial charge in [0.1, 0.15) is 17.6 Å². The van der Waals surface area contributed by atoms with Crippen molar-refractivity contribution in [1.29, 1.82) is 0 Å². The Balaban J connectivity index is 1.03. The van der Waals surface area contributed by atoms with Gasteiger partial charge in [0.2, 0.25) is 5.91 Å². The average Bonchev–Trinajstić information content (AvgIpc) is 3.71. The molecule has 0 bridgehead atoms. The summed E-state index contributed by atoms with van der Waals surface area (Å²) in [5.41, 5.74) is 8.31. The molecule has 1 spiro atoms. The van der Waals surface area contributed by atoms with Gasteiger partial charge in [0, 0.05) is 61.2 Å². The molecule has 1 saturated carbocycles. The molecule has 3 heterocycles. The first-order valence-electron chi connectivity index (χ1n) is 19.6. The van der Waals surface area contributed by atoms with Crippen molar-refractivity contribution in [3.05, 3.63) is 101 Å². The monoisotopic (exact) mass is 731 g/mol. The summed E-state index contributed by atoms with van der Waals surface area (Å²) in [6.45, 7) is 15.8. The number of nitrogens with zero attached hydrogens (tertiary/aromatic N) is 8. The van der Waals surface area contributed by atoms with Crippen molar-refractivity contribution < 1.29 is 9.59 Å². The number of carbonyl (C=O) groups excluding carboxylic acids is 2. The minimum Gasteiger partial charge on any atom is -0.331 e. The minimum absolute atomic E-state index is 0.0771. The number of unbranched alkanes of at least 4 members (excludes halogenated alkanes) is 3. The smallest absolute Gasteiger partial charge is 0.220 e. The summed E-state index contributed by atoms with van der Waals surface area (Å²) in [6.07, 6.45) is 20.7. The van der Waals surface area contributed by atoms with Crippen molar-refractivity contribution in [2.75, 3.05) is 33.2 Å². The Labute approximate surface area is 320 Å². The van der Waals surface area contributed by atoms with Crippen molar-refractivity contribution in [1.82, 2.24) is 39.7 Å². The van der Waals surface area contributed by atoms with Crippen LogP contribution in [0.15, 0.2) is 77.7 Å². The summed E-state index contributed by atoms with van der Waals surface area (Å²) in [7, 11) is 2.12. The Morgan fingerprint density at radius 3 is 2.57 bits per heavy atom. The van der Waals surface area contributed by atoms with Gasteiger partial charge in [0.25, 0.3) is 0 Å². The molecule has 1 aromatic carbocycles. The van der Waals surface area contributed by atoms with E-state index in [1.807, 2.05) is 13.1 Å².